The molecule has 100 valence electrons. The molecule has 2 fully saturated rings. The fourth-order valence-electron chi connectivity index (χ4n) is 3.78. The smallest absolute Gasteiger partial charge is 0.0769 e. The number of likely N-dealkylation sites (tertiary alicyclic amines) is 1. The van der Waals surface area contributed by atoms with Crippen LogP contribution in [0.3, 0.4) is 0 Å². The summed E-state index contributed by atoms with van der Waals surface area (Å²) in [4.78, 5) is 2.60. The molecule has 1 aliphatic carbocycles. The fraction of sp³-hybridized carbons (Fsp3) is 1.00. The maximum Gasteiger partial charge on any atom is 0.0769 e. The van der Waals surface area contributed by atoms with Crippen LogP contribution in [0.15, 0.2) is 0 Å². The Morgan fingerprint density at radius 2 is 1.71 bits per heavy atom. The molecule has 2 aliphatic rings. The molecule has 17 heavy (non-hydrogen) atoms. The van der Waals surface area contributed by atoms with Gasteiger partial charge >= 0.3 is 0 Å². The molecular formula is C15H29NO. The van der Waals surface area contributed by atoms with Crippen LogP contribution in [0.1, 0.15) is 65.2 Å². The molecule has 0 aromatic rings. The Morgan fingerprint density at radius 1 is 1.06 bits per heavy atom. The molecule has 1 saturated carbocycles. The first-order valence-corrected chi connectivity index (χ1v) is 7.65. The highest BCUT2D eigenvalue weighted by Gasteiger charge is 2.36. The molecule has 2 rings (SSSR count). The van der Waals surface area contributed by atoms with Crippen molar-refractivity contribution in [2.75, 3.05) is 13.1 Å². The van der Waals surface area contributed by atoms with Gasteiger partial charge in [0.2, 0.25) is 0 Å². The lowest BCUT2D eigenvalue weighted by atomic mass is 9.92. The zero-order chi connectivity index (χ0) is 12.3. The highest BCUT2D eigenvalue weighted by Crippen LogP contribution is 2.36. The summed E-state index contributed by atoms with van der Waals surface area (Å²) in [7, 11) is 0. The average molecular weight is 239 g/mol. The van der Waals surface area contributed by atoms with Gasteiger partial charge in [0.1, 0.15) is 0 Å². The molecule has 1 unspecified atom stereocenters. The molecule has 2 heteroatoms. The van der Waals surface area contributed by atoms with E-state index in [4.69, 9.17) is 0 Å². The Labute approximate surface area is 106 Å². The highest BCUT2D eigenvalue weighted by atomic mass is 16.3. The average Bonchev–Trinajstić information content (AvgIpc) is 2.98. The van der Waals surface area contributed by atoms with E-state index >= 15 is 0 Å². The van der Waals surface area contributed by atoms with Crippen molar-refractivity contribution in [3.05, 3.63) is 0 Å². The second-order valence-corrected chi connectivity index (χ2v) is 6.16. The number of hydrogen-bond acceptors (Lipinski definition) is 2. The zero-order valence-corrected chi connectivity index (χ0v) is 11.6. The van der Waals surface area contributed by atoms with Crippen LogP contribution in [-0.4, -0.2) is 34.7 Å². The molecule has 0 spiro atoms. The first-order chi connectivity index (χ1) is 8.18. The second-order valence-electron chi connectivity index (χ2n) is 6.16. The molecule has 2 nitrogen and oxygen atoms in total. The molecule has 1 N–H and O–H groups in total. The lowest BCUT2D eigenvalue weighted by Crippen LogP contribution is -2.46. The monoisotopic (exact) mass is 239 g/mol. The van der Waals surface area contributed by atoms with Crippen molar-refractivity contribution in [1.82, 2.24) is 4.90 Å². The van der Waals surface area contributed by atoms with Crippen molar-refractivity contribution in [2.24, 2.45) is 5.92 Å². The van der Waals surface area contributed by atoms with E-state index in [0.717, 1.165) is 31.3 Å². The van der Waals surface area contributed by atoms with Crippen molar-refractivity contribution >= 4 is 0 Å². The number of hydrogen-bond donors (Lipinski definition) is 1. The SMILES string of the molecule is CCC(O)(CC)CN1CCCC1C1CCCC1. The minimum atomic E-state index is -0.443. The Kier molecular flexibility index (Phi) is 4.48. The molecule has 0 amide bonds. The molecule has 0 aromatic carbocycles. The van der Waals surface area contributed by atoms with Gasteiger partial charge in [0.05, 0.1) is 5.60 Å². The largest absolute Gasteiger partial charge is 0.389 e. The van der Waals surface area contributed by atoms with Gasteiger partial charge in [-0.05, 0) is 51.0 Å². The Hall–Kier alpha value is -0.0800. The molecular weight excluding hydrogens is 210 g/mol. The van der Waals surface area contributed by atoms with Gasteiger partial charge in [-0.3, -0.25) is 4.90 Å². The zero-order valence-electron chi connectivity index (χ0n) is 11.6. The normalized spacial score (nSPS) is 28.1. The summed E-state index contributed by atoms with van der Waals surface area (Å²) in [5, 5.41) is 10.5. The minimum Gasteiger partial charge on any atom is -0.389 e. The van der Waals surface area contributed by atoms with Crippen LogP contribution in [0.25, 0.3) is 0 Å². The first kappa shape index (κ1) is 13.4. The Morgan fingerprint density at radius 3 is 2.29 bits per heavy atom. The van der Waals surface area contributed by atoms with Crippen molar-refractivity contribution in [1.29, 1.82) is 0 Å². The molecule has 0 radical (unpaired) electrons. The summed E-state index contributed by atoms with van der Waals surface area (Å²) in [6.07, 6.45) is 10.2. The molecule has 0 bridgehead atoms. The summed E-state index contributed by atoms with van der Waals surface area (Å²) >= 11 is 0. The maximum atomic E-state index is 10.5. The topological polar surface area (TPSA) is 23.5 Å². The number of β-amino-alcohol motifs (C(OH)–C–C–N with tert-alkyl or cyclic N) is 1. The third kappa shape index (κ3) is 3.03. The molecule has 1 atom stereocenters. The molecule has 1 aliphatic heterocycles. The van der Waals surface area contributed by atoms with Crippen molar-refractivity contribution in [2.45, 2.75) is 76.9 Å². The predicted molar refractivity (Wildman–Crippen MR) is 72.1 cm³/mol. The third-order valence-corrected chi connectivity index (χ3v) is 5.17. The van der Waals surface area contributed by atoms with E-state index in [2.05, 4.69) is 18.7 Å². The predicted octanol–water partition coefficient (Wildman–Crippen LogP) is 3.19. The van der Waals surface area contributed by atoms with Crippen LogP contribution >= 0.6 is 0 Å². The second kappa shape index (κ2) is 5.71. The van der Waals surface area contributed by atoms with Gasteiger partial charge in [-0.25, -0.2) is 0 Å². The fourth-order valence-corrected chi connectivity index (χ4v) is 3.78. The number of nitrogens with zero attached hydrogens (tertiary/aromatic N) is 1. The number of rotatable bonds is 5. The molecule has 1 saturated heterocycles. The van der Waals surface area contributed by atoms with Gasteiger partial charge in [0.15, 0.2) is 0 Å². The van der Waals surface area contributed by atoms with Crippen LogP contribution in [0.2, 0.25) is 0 Å². The summed E-state index contributed by atoms with van der Waals surface area (Å²) in [5.41, 5.74) is -0.443. The van der Waals surface area contributed by atoms with Gasteiger partial charge in [-0.2, -0.15) is 0 Å². The molecule has 1 heterocycles. The summed E-state index contributed by atoms with van der Waals surface area (Å²) in [6.45, 7) is 6.35. The third-order valence-electron chi connectivity index (χ3n) is 5.17. The quantitative estimate of drug-likeness (QED) is 0.796. The van der Waals surface area contributed by atoms with Gasteiger partial charge in [0.25, 0.3) is 0 Å². The van der Waals surface area contributed by atoms with E-state index in [-0.39, 0.29) is 0 Å². The van der Waals surface area contributed by atoms with E-state index in [0.29, 0.717) is 0 Å². The van der Waals surface area contributed by atoms with Crippen LogP contribution < -0.4 is 0 Å². The van der Waals surface area contributed by atoms with Crippen LogP contribution in [-0.2, 0) is 0 Å². The van der Waals surface area contributed by atoms with Crippen LogP contribution in [0, 0.1) is 5.92 Å². The van der Waals surface area contributed by atoms with Gasteiger partial charge < -0.3 is 5.11 Å². The highest BCUT2D eigenvalue weighted by molar-refractivity contribution is 4.91. The Balaban J connectivity index is 1.94. The van der Waals surface area contributed by atoms with Crippen LogP contribution in [0.4, 0.5) is 0 Å². The standard InChI is InChI=1S/C15H29NO/c1-3-15(17,4-2)12-16-11-7-10-14(16)13-8-5-6-9-13/h13-14,17H,3-12H2,1-2H3. The Bertz CT molecular complexity index is 231. The summed E-state index contributed by atoms with van der Waals surface area (Å²) in [6, 6.07) is 0.780. The summed E-state index contributed by atoms with van der Waals surface area (Å²) < 4.78 is 0. The van der Waals surface area contributed by atoms with E-state index in [1.54, 1.807) is 0 Å². The van der Waals surface area contributed by atoms with E-state index in [9.17, 15) is 5.11 Å². The summed E-state index contributed by atoms with van der Waals surface area (Å²) in [5.74, 6) is 0.926. The van der Waals surface area contributed by atoms with Crippen molar-refractivity contribution in [3.8, 4) is 0 Å². The number of aliphatic hydroxyl groups is 1. The first-order valence-electron chi connectivity index (χ1n) is 7.65. The van der Waals surface area contributed by atoms with Crippen LogP contribution in [0.5, 0.6) is 0 Å². The van der Waals surface area contributed by atoms with E-state index < -0.39 is 5.60 Å². The van der Waals surface area contributed by atoms with Gasteiger partial charge in [0, 0.05) is 12.6 Å². The van der Waals surface area contributed by atoms with E-state index in [1.807, 2.05) is 0 Å². The van der Waals surface area contributed by atoms with Crippen molar-refractivity contribution in [3.63, 3.8) is 0 Å². The lowest BCUT2D eigenvalue weighted by Gasteiger charge is -2.36. The van der Waals surface area contributed by atoms with E-state index in [1.165, 1.54) is 45.1 Å². The van der Waals surface area contributed by atoms with Crippen molar-refractivity contribution < 1.29 is 5.11 Å². The van der Waals surface area contributed by atoms with Gasteiger partial charge in [-0.15, -0.1) is 0 Å². The minimum absolute atomic E-state index is 0.443. The lowest BCUT2D eigenvalue weighted by molar-refractivity contribution is -0.0124. The maximum absolute atomic E-state index is 10.5. The van der Waals surface area contributed by atoms with Gasteiger partial charge in [-0.1, -0.05) is 26.7 Å². The molecule has 0 aromatic heterocycles.